The van der Waals surface area contributed by atoms with Crippen molar-refractivity contribution in [3.63, 3.8) is 0 Å². The van der Waals surface area contributed by atoms with E-state index in [0.717, 1.165) is 55.2 Å². The maximum atomic E-state index is 15.2. The lowest BCUT2D eigenvalue weighted by atomic mass is 9.78. The number of hydrogen-bond donors (Lipinski definition) is 0. The normalized spacial score (nSPS) is 11.9. The Morgan fingerprint density at radius 3 is 1.15 bits per heavy atom. The van der Waals surface area contributed by atoms with Crippen molar-refractivity contribution in [1.82, 2.24) is 9.97 Å². The minimum absolute atomic E-state index is 0.140. The monoisotopic (exact) mass is 948 g/mol. The van der Waals surface area contributed by atoms with Gasteiger partial charge in [-0.05, 0) is 94.8 Å². The molecule has 10 rings (SSSR count). The molecule has 0 saturated heterocycles. The lowest BCUT2D eigenvalue weighted by Gasteiger charge is -2.24. The summed E-state index contributed by atoms with van der Waals surface area (Å²) in [5, 5.41) is 1.58. The van der Waals surface area contributed by atoms with Crippen LogP contribution in [-0.2, 0) is 30.8 Å². The van der Waals surface area contributed by atoms with Crippen LogP contribution in [0.25, 0.3) is 21.8 Å². The van der Waals surface area contributed by atoms with Crippen LogP contribution in [0.15, 0.2) is 219 Å². The van der Waals surface area contributed by atoms with E-state index in [0.29, 0.717) is 72.1 Å². The molecule has 8 aromatic carbocycles. The highest BCUT2D eigenvalue weighted by molar-refractivity contribution is 5.93. The van der Waals surface area contributed by atoms with Crippen molar-refractivity contribution in [3.8, 4) is 46.0 Å². The van der Waals surface area contributed by atoms with Crippen LogP contribution < -0.4 is 28.4 Å². The second kappa shape index (κ2) is 22.2. The highest BCUT2D eigenvalue weighted by Crippen LogP contribution is 2.40. The van der Waals surface area contributed by atoms with Crippen molar-refractivity contribution >= 4 is 27.6 Å². The number of carbonyl (C=O) groups excluding carboxylic acids is 1. The molecule has 0 spiro atoms. The number of methoxy groups -OCH3 is 2. The van der Waals surface area contributed by atoms with Gasteiger partial charge in [-0.25, -0.2) is 0 Å². The first-order valence-electron chi connectivity index (χ1n) is 23.9. The van der Waals surface area contributed by atoms with Crippen LogP contribution in [0.5, 0.6) is 46.0 Å². The van der Waals surface area contributed by atoms with Crippen LogP contribution in [0, 0.1) is 0 Å². The predicted octanol–water partition coefficient (Wildman–Crippen LogP) is 14.5. The number of nitrogens with zero attached hydrogens (tertiary/aromatic N) is 2. The minimum Gasteiger partial charge on any atom is -0.493 e. The number of benzene rings is 8. The quantitative estimate of drug-likeness (QED) is 0.0739. The van der Waals surface area contributed by atoms with Gasteiger partial charge >= 0.3 is 0 Å². The lowest BCUT2D eigenvalue weighted by molar-refractivity contribution is -0.122. The first-order valence-corrected chi connectivity index (χ1v) is 23.9. The van der Waals surface area contributed by atoms with E-state index in [9.17, 15) is 0 Å². The number of carbonyl (C=O) groups is 1. The number of fused-ring (bicyclic) bond motifs is 2. The Balaban J connectivity index is 0.854. The van der Waals surface area contributed by atoms with Crippen LogP contribution in [0.4, 0.5) is 0 Å². The van der Waals surface area contributed by atoms with Gasteiger partial charge in [0.25, 0.3) is 0 Å². The van der Waals surface area contributed by atoms with Crippen molar-refractivity contribution in [1.29, 1.82) is 0 Å². The molecular weight excluding hydrogens is 897 g/mol. The number of pyridine rings is 2. The zero-order valence-corrected chi connectivity index (χ0v) is 40.0. The summed E-state index contributed by atoms with van der Waals surface area (Å²) in [5.74, 6) is 4.25. The van der Waals surface area contributed by atoms with E-state index in [2.05, 4.69) is 9.97 Å². The van der Waals surface area contributed by atoms with Crippen molar-refractivity contribution < 1.29 is 33.2 Å². The molecule has 0 aliphatic heterocycles. The SMILES string of the molecule is COc1cc2c(Oc3ccc(CC(C(=O)C(Cc4ccc(Oc5ccnc6cc(OCc7ccccc7)c(OC)cc56)cc4)c4ccccc4)c4ccccc4)cc3)ccnc2cc1OCc1ccccc1. The molecule has 0 fully saturated rings. The van der Waals surface area contributed by atoms with Crippen LogP contribution in [0.1, 0.15) is 45.2 Å². The maximum absolute atomic E-state index is 15.2. The fourth-order valence-corrected chi connectivity index (χ4v) is 8.94. The number of hydrogen-bond acceptors (Lipinski definition) is 9. The molecule has 356 valence electrons. The Labute approximate surface area is 419 Å². The van der Waals surface area contributed by atoms with Gasteiger partial charge in [0.2, 0.25) is 0 Å². The van der Waals surface area contributed by atoms with Gasteiger partial charge in [0.15, 0.2) is 23.0 Å². The van der Waals surface area contributed by atoms with Crippen molar-refractivity contribution in [2.45, 2.75) is 37.9 Å². The average Bonchev–Trinajstić information content (AvgIpc) is 3.44. The number of ether oxygens (including phenoxy) is 6. The van der Waals surface area contributed by atoms with Gasteiger partial charge in [-0.1, -0.05) is 146 Å². The largest absolute Gasteiger partial charge is 0.493 e. The molecule has 72 heavy (non-hydrogen) atoms. The average molecular weight is 949 g/mol. The molecule has 2 aromatic heterocycles. The first-order chi connectivity index (χ1) is 35.5. The van der Waals surface area contributed by atoms with Crippen LogP contribution >= 0.6 is 0 Å². The topological polar surface area (TPSA) is 98.2 Å². The Bertz CT molecular complexity index is 3160. The summed E-state index contributed by atoms with van der Waals surface area (Å²) in [7, 11) is 3.25. The molecule has 10 aromatic rings. The molecule has 2 atom stereocenters. The second-order valence-electron chi connectivity index (χ2n) is 17.4. The Kier molecular flexibility index (Phi) is 14.4. The molecule has 0 bridgehead atoms. The molecule has 0 saturated carbocycles. The van der Waals surface area contributed by atoms with Gasteiger partial charge < -0.3 is 28.4 Å². The summed E-state index contributed by atoms with van der Waals surface area (Å²) in [6.45, 7) is 0.800. The van der Waals surface area contributed by atoms with Crippen molar-refractivity contribution in [3.05, 3.63) is 252 Å². The number of aromatic nitrogens is 2. The summed E-state index contributed by atoms with van der Waals surface area (Å²) >= 11 is 0. The Hall–Kier alpha value is -8.95. The molecular formula is C63H52N2O7. The van der Waals surface area contributed by atoms with E-state index in [4.69, 9.17) is 28.4 Å². The third-order valence-electron chi connectivity index (χ3n) is 12.7. The van der Waals surface area contributed by atoms with Gasteiger partial charge in [0.1, 0.15) is 42.0 Å². The third kappa shape index (κ3) is 11.1. The fraction of sp³-hybridized carbons (Fsp3) is 0.127. The fourth-order valence-electron chi connectivity index (χ4n) is 8.94. The van der Waals surface area contributed by atoms with Gasteiger partial charge in [0, 0.05) is 47.1 Å². The van der Waals surface area contributed by atoms with Gasteiger partial charge in [-0.3, -0.25) is 14.8 Å². The second-order valence-corrected chi connectivity index (χ2v) is 17.4. The van der Waals surface area contributed by atoms with E-state index in [1.165, 1.54) is 0 Å². The molecule has 9 heteroatoms. The first kappa shape index (κ1) is 46.8. The predicted molar refractivity (Wildman–Crippen MR) is 282 cm³/mol. The molecule has 2 unspecified atom stereocenters. The van der Waals surface area contributed by atoms with Crippen LogP contribution in [-0.4, -0.2) is 30.0 Å². The van der Waals surface area contributed by atoms with Gasteiger partial charge in [0.05, 0.1) is 25.3 Å². The molecule has 2 heterocycles. The number of rotatable bonds is 20. The van der Waals surface area contributed by atoms with E-state index >= 15 is 4.79 Å². The standard InChI is InChI=1S/C63H52N2O7/c1-67-59-37-53-55(39-61(59)69-41-45-15-7-3-8-16-45)64-33-31-57(53)71-49-27-23-43(24-28-49)35-51(47-19-11-5-12-20-47)63(66)52(48-21-13-6-14-22-48)36-44-25-29-50(30-26-44)72-58-32-34-65-56-40-62(60(68-2)38-54(56)58)70-42-46-17-9-4-10-18-46/h3-34,37-40,51-52H,35-36,41-42H2,1-2H3. The highest BCUT2D eigenvalue weighted by Gasteiger charge is 2.30. The maximum Gasteiger partial charge on any atom is 0.163 e. The summed E-state index contributed by atoms with van der Waals surface area (Å²) in [6.07, 6.45) is 4.46. The zero-order chi connectivity index (χ0) is 49.1. The van der Waals surface area contributed by atoms with E-state index in [-0.39, 0.29) is 5.78 Å². The summed E-state index contributed by atoms with van der Waals surface area (Å²) in [4.78, 5) is 24.4. The smallest absolute Gasteiger partial charge is 0.163 e. The molecule has 0 N–H and O–H groups in total. The highest BCUT2D eigenvalue weighted by atomic mass is 16.5. The van der Waals surface area contributed by atoms with Crippen LogP contribution in [0.3, 0.4) is 0 Å². The number of ketones is 1. The van der Waals surface area contributed by atoms with E-state index < -0.39 is 11.8 Å². The van der Waals surface area contributed by atoms with Crippen molar-refractivity contribution in [2.24, 2.45) is 0 Å². The Morgan fingerprint density at radius 1 is 0.403 bits per heavy atom. The molecule has 0 radical (unpaired) electrons. The molecule has 0 aliphatic rings. The summed E-state index contributed by atoms with van der Waals surface area (Å²) in [5.41, 5.74) is 7.49. The Morgan fingerprint density at radius 2 is 0.778 bits per heavy atom. The third-order valence-corrected chi connectivity index (χ3v) is 12.7. The molecule has 0 amide bonds. The van der Waals surface area contributed by atoms with Gasteiger partial charge in [-0.2, -0.15) is 0 Å². The summed E-state index contributed by atoms with van der Waals surface area (Å²) in [6, 6.07) is 67.3. The molecule has 9 nitrogen and oxygen atoms in total. The zero-order valence-electron chi connectivity index (χ0n) is 40.0. The van der Waals surface area contributed by atoms with E-state index in [1.807, 2.05) is 206 Å². The minimum atomic E-state index is -0.415. The summed E-state index contributed by atoms with van der Waals surface area (Å²) < 4.78 is 36.8. The van der Waals surface area contributed by atoms with E-state index in [1.54, 1.807) is 26.6 Å². The number of Topliss-reactive ketones (excluding diaryl/α,β-unsaturated/α-hetero) is 1. The lowest BCUT2D eigenvalue weighted by Crippen LogP contribution is -2.24. The van der Waals surface area contributed by atoms with Gasteiger partial charge in [-0.15, -0.1) is 0 Å². The van der Waals surface area contributed by atoms with Crippen molar-refractivity contribution in [2.75, 3.05) is 14.2 Å². The molecule has 0 aliphatic carbocycles. The van der Waals surface area contributed by atoms with Crippen LogP contribution in [0.2, 0.25) is 0 Å².